The highest BCUT2D eigenvalue weighted by Crippen LogP contribution is 2.23. The molecule has 1 N–H and O–H groups in total. The second-order valence-corrected chi connectivity index (χ2v) is 6.79. The molecule has 0 unspecified atom stereocenters. The third-order valence-electron chi connectivity index (χ3n) is 4.47. The number of nitrogens with zero attached hydrogens (tertiary/aromatic N) is 3. The highest BCUT2D eigenvalue weighted by atomic mass is 35.5. The molecule has 3 aromatic rings. The summed E-state index contributed by atoms with van der Waals surface area (Å²) in [6, 6.07) is 11.7. The van der Waals surface area contributed by atoms with Crippen molar-refractivity contribution in [2.75, 3.05) is 6.54 Å². The van der Waals surface area contributed by atoms with E-state index in [2.05, 4.69) is 14.9 Å². The van der Waals surface area contributed by atoms with Gasteiger partial charge in [-0.2, -0.15) is 0 Å². The second kappa shape index (κ2) is 8.72. The predicted molar refractivity (Wildman–Crippen MR) is 103 cm³/mol. The number of carbonyl (C=O) groups is 1. The van der Waals surface area contributed by atoms with Gasteiger partial charge in [0, 0.05) is 61.8 Å². The van der Waals surface area contributed by atoms with Gasteiger partial charge in [0.05, 0.1) is 0 Å². The standard InChI is InChI=1S/C20H23ClN4O/c1-16-22-8-12-25(16)13-9-23-20(26)14-18(15-24-10-2-3-11-24)17-4-6-19(21)7-5-17/h2-8,10-12,18H,9,13-15H2,1H3,(H,23,26)/t18-/m1/s1. The van der Waals surface area contributed by atoms with Gasteiger partial charge in [-0.1, -0.05) is 23.7 Å². The number of rotatable bonds is 8. The van der Waals surface area contributed by atoms with Gasteiger partial charge in [-0.3, -0.25) is 4.79 Å². The summed E-state index contributed by atoms with van der Waals surface area (Å²) in [5.41, 5.74) is 1.11. The van der Waals surface area contributed by atoms with Crippen LogP contribution in [0.5, 0.6) is 0 Å². The van der Waals surface area contributed by atoms with E-state index in [1.165, 1.54) is 0 Å². The van der Waals surface area contributed by atoms with Crippen molar-refractivity contribution in [2.24, 2.45) is 0 Å². The van der Waals surface area contributed by atoms with Crippen molar-refractivity contribution in [2.45, 2.75) is 32.4 Å². The van der Waals surface area contributed by atoms with Gasteiger partial charge >= 0.3 is 0 Å². The predicted octanol–water partition coefficient (Wildman–Crippen LogP) is 3.64. The Bertz CT molecular complexity index is 824. The van der Waals surface area contributed by atoms with E-state index < -0.39 is 0 Å². The molecule has 0 saturated heterocycles. The first kappa shape index (κ1) is 18.3. The van der Waals surface area contributed by atoms with E-state index in [-0.39, 0.29) is 11.8 Å². The van der Waals surface area contributed by atoms with E-state index in [9.17, 15) is 4.79 Å². The van der Waals surface area contributed by atoms with Crippen LogP contribution < -0.4 is 5.32 Å². The van der Waals surface area contributed by atoms with E-state index in [4.69, 9.17) is 11.6 Å². The zero-order valence-corrected chi connectivity index (χ0v) is 15.6. The Balaban J connectivity index is 1.60. The molecule has 0 aliphatic rings. The smallest absolute Gasteiger partial charge is 0.220 e. The van der Waals surface area contributed by atoms with Gasteiger partial charge in [0.1, 0.15) is 5.82 Å². The first-order valence-corrected chi connectivity index (χ1v) is 9.10. The molecule has 0 aliphatic heterocycles. The Kier molecular flexibility index (Phi) is 6.12. The third kappa shape index (κ3) is 4.99. The maximum atomic E-state index is 12.5. The maximum absolute atomic E-state index is 12.5. The topological polar surface area (TPSA) is 51.9 Å². The molecule has 0 spiro atoms. The molecule has 2 aromatic heterocycles. The maximum Gasteiger partial charge on any atom is 0.220 e. The van der Waals surface area contributed by atoms with Crippen LogP contribution in [0.3, 0.4) is 0 Å². The molecule has 1 amide bonds. The van der Waals surface area contributed by atoms with Crippen molar-refractivity contribution in [3.05, 3.63) is 77.6 Å². The molecule has 1 atom stereocenters. The number of benzene rings is 1. The number of imidazole rings is 1. The molecule has 3 rings (SSSR count). The van der Waals surface area contributed by atoms with Gasteiger partial charge in [0.25, 0.3) is 0 Å². The van der Waals surface area contributed by atoms with Crippen LogP contribution in [0.1, 0.15) is 23.7 Å². The summed E-state index contributed by atoms with van der Waals surface area (Å²) < 4.78 is 4.12. The molecule has 0 aliphatic carbocycles. The molecule has 136 valence electrons. The first-order valence-electron chi connectivity index (χ1n) is 8.72. The summed E-state index contributed by atoms with van der Waals surface area (Å²) in [6.07, 6.45) is 8.16. The van der Waals surface area contributed by atoms with Gasteiger partial charge in [-0.05, 0) is 36.8 Å². The Labute approximate surface area is 158 Å². The fraction of sp³-hybridized carbons (Fsp3) is 0.300. The van der Waals surface area contributed by atoms with Crippen molar-refractivity contribution in [3.8, 4) is 0 Å². The van der Waals surface area contributed by atoms with Gasteiger partial charge in [0.15, 0.2) is 0 Å². The lowest BCUT2D eigenvalue weighted by molar-refractivity contribution is -0.121. The molecule has 26 heavy (non-hydrogen) atoms. The lowest BCUT2D eigenvalue weighted by Crippen LogP contribution is -2.29. The van der Waals surface area contributed by atoms with E-state index in [1.807, 2.05) is 66.5 Å². The minimum atomic E-state index is 0.0508. The number of hydrogen-bond acceptors (Lipinski definition) is 2. The number of nitrogens with one attached hydrogen (secondary N) is 1. The Hall–Kier alpha value is -2.53. The third-order valence-corrected chi connectivity index (χ3v) is 4.72. The Morgan fingerprint density at radius 1 is 1.19 bits per heavy atom. The summed E-state index contributed by atoms with van der Waals surface area (Å²) in [4.78, 5) is 16.7. The van der Waals surface area contributed by atoms with E-state index >= 15 is 0 Å². The van der Waals surface area contributed by atoms with E-state index in [1.54, 1.807) is 6.20 Å². The summed E-state index contributed by atoms with van der Waals surface area (Å²) in [5, 5.41) is 3.72. The van der Waals surface area contributed by atoms with Crippen LogP contribution in [0.25, 0.3) is 0 Å². The largest absolute Gasteiger partial charge is 0.354 e. The highest BCUT2D eigenvalue weighted by Gasteiger charge is 2.16. The van der Waals surface area contributed by atoms with Crippen molar-refractivity contribution >= 4 is 17.5 Å². The molecule has 0 radical (unpaired) electrons. The van der Waals surface area contributed by atoms with Crippen molar-refractivity contribution in [1.29, 1.82) is 0 Å². The molecule has 0 fully saturated rings. The number of halogens is 1. The molecular weight excluding hydrogens is 348 g/mol. The second-order valence-electron chi connectivity index (χ2n) is 6.35. The zero-order valence-electron chi connectivity index (χ0n) is 14.8. The molecular formula is C20H23ClN4O. The lowest BCUT2D eigenvalue weighted by atomic mass is 9.95. The normalized spacial score (nSPS) is 12.1. The summed E-state index contributed by atoms with van der Waals surface area (Å²) in [5.74, 6) is 1.09. The van der Waals surface area contributed by atoms with Crippen LogP contribution in [-0.2, 0) is 17.9 Å². The monoisotopic (exact) mass is 370 g/mol. The van der Waals surface area contributed by atoms with Crippen LogP contribution in [0.15, 0.2) is 61.2 Å². The average Bonchev–Trinajstić information content (AvgIpc) is 3.27. The van der Waals surface area contributed by atoms with Crippen LogP contribution in [0, 0.1) is 6.92 Å². The average molecular weight is 371 g/mol. The van der Waals surface area contributed by atoms with E-state index in [0.29, 0.717) is 18.0 Å². The minimum absolute atomic E-state index is 0.0508. The van der Waals surface area contributed by atoms with Gasteiger partial charge in [-0.25, -0.2) is 4.98 Å². The van der Waals surface area contributed by atoms with Crippen LogP contribution >= 0.6 is 11.6 Å². The Morgan fingerprint density at radius 2 is 1.92 bits per heavy atom. The number of amides is 1. The van der Waals surface area contributed by atoms with Gasteiger partial charge in [0.2, 0.25) is 5.91 Å². The molecule has 2 heterocycles. The number of hydrogen-bond donors (Lipinski definition) is 1. The Morgan fingerprint density at radius 3 is 2.58 bits per heavy atom. The number of aryl methyl sites for hydroxylation is 1. The molecule has 5 nitrogen and oxygen atoms in total. The van der Waals surface area contributed by atoms with Gasteiger partial charge < -0.3 is 14.5 Å². The summed E-state index contributed by atoms with van der Waals surface area (Å²) in [7, 11) is 0. The summed E-state index contributed by atoms with van der Waals surface area (Å²) in [6.45, 7) is 4.02. The van der Waals surface area contributed by atoms with Crippen LogP contribution in [-0.4, -0.2) is 26.6 Å². The SMILES string of the molecule is Cc1nccn1CCNC(=O)C[C@H](Cn1cccc1)c1ccc(Cl)cc1. The van der Waals surface area contributed by atoms with E-state index in [0.717, 1.165) is 24.5 Å². The highest BCUT2D eigenvalue weighted by molar-refractivity contribution is 6.30. The quantitative estimate of drug-likeness (QED) is 0.658. The molecule has 0 saturated carbocycles. The van der Waals surface area contributed by atoms with Crippen LogP contribution in [0.2, 0.25) is 5.02 Å². The fourth-order valence-corrected chi connectivity index (χ4v) is 3.15. The number of carbonyl (C=O) groups excluding carboxylic acids is 1. The molecule has 6 heteroatoms. The van der Waals surface area contributed by atoms with Crippen molar-refractivity contribution in [3.63, 3.8) is 0 Å². The fourth-order valence-electron chi connectivity index (χ4n) is 3.02. The molecule has 1 aromatic carbocycles. The van der Waals surface area contributed by atoms with Gasteiger partial charge in [-0.15, -0.1) is 0 Å². The van der Waals surface area contributed by atoms with Crippen LogP contribution in [0.4, 0.5) is 0 Å². The zero-order chi connectivity index (χ0) is 18.4. The van der Waals surface area contributed by atoms with Crippen molar-refractivity contribution in [1.82, 2.24) is 19.4 Å². The number of aromatic nitrogens is 3. The lowest BCUT2D eigenvalue weighted by Gasteiger charge is -2.18. The minimum Gasteiger partial charge on any atom is -0.354 e. The van der Waals surface area contributed by atoms with Crippen molar-refractivity contribution < 1.29 is 4.79 Å². The molecule has 0 bridgehead atoms. The first-order chi connectivity index (χ1) is 12.6. The summed E-state index contributed by atoms with van der Waals surface area (Å²) >= 11 is 6.00.